The van der Waals surface area contributed by atoms with E-state index in [1.807, 2.05) is 0 Å². The molecule has 0 radical (unpaired) electrons. The highest BCUT2D eigenvalue weighted by Crippen LogP contribution is 2.28. The Morgan fingerprint density at radius 1 is 1.27 bits per heavy atom. The summed E-state index contributed by atoms with van der Waals surface area (Å²) >= 11 is 2.48. The van der Waals surface area contributed by atoms with Gasteiger partial charge in [-0.1, -0.05) is 31.0 Å². The molecular formula is C13H18IN. The van der Waals surface area contributed by atoms with Gasteiger partial charge in [0.2, 0.25) is 0 Å². The molecule has 0 aromatic heterocycles. The first-order valence-electron chi connectivity index (χ1n) is 5.77. The highest BCUT2D eigenvalue weighted by atomic mass is 127. The Balaban J connectivity index is 2.23. The first-order valence-corrected chi connectivity index (χ1v) is 6.85. The lowest BCUT2D eigenvalue weighted by molar-refractivity contribution is 0.532. The molecule has 82 valence electrons. The molecule has 1 aromatic carbocycles. The smallest absolute Gasteiger partial charge is 0.0330 e. The molecule has 1 heterocycles. The summed E-state index contributed by atoms with van der Waals surface area (Å²) in [6, 6.07) is 7.23. The van der Waals surface area contributed by atoms with Crippen LogP contribution in [0, 0.1) is 10.5 Å². The Morgan fingerprint density at radius 3 is 3.00 bits per heavy atom. The van der Waals surface area contributed by atoms with E-state index in [9.17, 15) is 0 Å². The molecule has 0 bridgehead atoms. The number of hydrogen-bond acceptors (Lipinski definition) is 1. The second kappa shape index (κ2) is 5.30. The third kappa shape index (κ3) is 2.72. The van der Waals surface area contributed by atoms with E-state index in [1.54, 1.807) is 0 Å². The summed E-state index contributed by atoms with van der Waals surface area (Å²) in [6.45, 7) is 3.37. The topological polar surface area (TPSA) is 12.0 Å². The minimum atomic E-state index is 0.583. The second-order valence-electron chi connectivity index (χ2n) is 4.33. The standard InChI is InChI=1S/C13H18IN/c1-10-6-5-7-11(13(10)14)12-8-3-2-4-9-15-12/h5-7,12,15H,2-4,8-9H2,1H3. The van der Waals surface area contributed by atoms with Crippen LogP contribution in [0.5, 0.6) is 0 Å². The normalized spacial score (nSPS) is 22.4. The SMILES string of the molecule is Cc1cccc(C2CCCCCN2)c1I. The van der Waals surface area contributed by atoms with Crippen molar-refractivity contribution >= 4 is 22.6 Å². The number of aryl methyl sites for hydroxylation is 1. The van der Waals surface area contributed by atoms with Crippen molar-refractivity contribution < 1.29 is 0 Å². The van der Waals surface area contributed by atoms with Crippen LogP contribution in [0.4, 0.5) is 0 Å². The van der Waals surface area contributed by atoms with Crippen molar-refractivity contribution in [1.29, 1.82) is 0 Å². The summed E-state index contributed by atoms with van der Waals surface area (Å²) in [6.07, 6.45) is 5.37. The van der Waals surface area contributed by atoms with E-state index >= 15 is 0 Å². The zero-order valence-corrected chi connectivity index (χ0v) is 11.4. The maximum absolute atomic E-state index is 3.66. The predicted octanol–water partition coefficient (Wildman–Crippen LogP) is 3.80. The van der Waals surface area contributed by atoms with Gasteiger partial charge in [-0.15, -0.1) is 0 Å². The molecule has 0 amide bonds. The maximum atomic E-state index is 3.66. The highest BCUT2D eigenvalue weighted by molar-refractivity contribution is 14.1. The molecule has 1 aliphatic rings. The highest BCUT2D eigenvalue weighted by Gasteiger charge is 2.16. The van der Waals surface area contributed by atoms with Gasteiger partial charge in [0.15, 0.2) is 0 Å². The minimum Gasteiger partial charge on any atom is -0.310 e. The third-order valence-corrected chi connectivity index (χ3v) is 4.63. The molecule has 1 fully saturated rings. The Labute approximate surface area is 106 Å². The Hall–Kier alpha value is -0.0900. The van der Waals surface area contributed by atoms with Crippen LogP contribution in [0.1, 0.15) is 42.9 Å². The Morgan fingerprint density at radius 2 is 2.13 bits per heavy atom. The molecule has 1 aliphatic heterocycles. The molecule has 15 heavy (non-hydrogen) atoms. The zero-order chi connectivity index (χ0) is 10.7. The fourth-order valence-electron chi connectivity index (χ4n) is 2.23. The van der Waals surface area contributed by atoms with Gasteiger partial charge in [0.05, 0.1) is 0 Å². The van der Waals surface area contributed by atoms with Crippen LogP contribution >= 0.6 is 22.6 Å². The van der Waals surface area contributed by atoms with Crippen molar-refractivity contribution in [3.05, 3.63) is 32.9 Å². The van der Waals surface area contributed by atoms with E-state index in [0.29, 0.717) is 6.04 Å². The lowest BCUT2D eigenvalue weighted by atomic mass is 10.0. The third-order valence-electron chi connectivity index (χ3n) is 3.16. The molecule has 0 saturated carbocycles. The van der Waals surface area contributed by atoms with Crippen molar-refractivity contribution in [2.24, 2.45) is 0 Å². The number of benzene rings is 1. The van der Waals surface area contributed by atoms with Crippen molar-refractivity contribution in [2.45, 2.75) is 38.6 Å². The van der Waals surface area contributed by atoms with Gasteiger partial charge in [0, 0.05) is 9.61 Å². The minimum absolute atomic E-state index is 0.583. The maximum Gasteiger partial charge on any atom is 0.0330 e. The first kappa shape index (κ1) is 11.4. The van der Waals surface area contributed by atoms with Crippen LogP contribution < -0.4 is 5.32 Å². The van der Waals surface area contributed by atoms with Crippen molar-refractivity contribution in [3.8, 4) is 0 Å². The van der Waals surface area contributed by atoms with Gasteiger partial charge in [-0.05, 0) is 60.0 Å². The van der Waals surface area contributed by atoms with Crippen LogP contribution in [-0.4, -0.2) is 6.54 Å². The average molecular weight is 315 g/mol. The summed E-state index contributed by atoms with van der Waals surface area (Å²) in [7, 11) is 0. The summed E-state index contributed by atoms with van der Waals surface area (Å²) in [4.78, 5) is 0. The zero-order valence-electron chi connectivity index (χ0n) is 9.22. The molecular weight excluding hydrogens is 297 g/mol. The first-order chi connectivity index (χ1) is 7.29. The van der Waals surface area contributed by atoms with Crippen LogP contribution in [0.25, 0.3) is 0 Å². The van der Waals surface area contributed by atoms with Crippen molar-refractivity contribution in [3.63, 3.8) is 0 Å². The van der Waals surface area contributed by atoms with Gasteiger partial charge < -0.3 is 5.32 Å². The van der Waals surface area contributed by atoms with E-state index in [1.165, 1.54) is 46.9 Å². The van der Waals surface area contributed by atoms with Gasteiger partial charge in [-0.2, -0.15) is 0 Å². The van der Waals surface area contributed by atoms with E-state index in [4.69, 9.17) is 0 Å². The molecule has 1 nitrogen and oxygen atoms in total. The molecule has 1 aromatic rings. The fraction of sp³-hybridized carbons (Fsp3) is 0.538. The van der Waals surface area contributed by atoms with Crippen LogP contribution in [0.3, 0.4) is 0 Å². The van der Waals surface area contributed by atoms with Crippen LogP contribution in [-0.2, 0) is 0 Å². The van der Waals surface area contributed by atoms with Gasteiger partial charge in [0.25, 0.3) is 0 Å². The molecule has 2 heteroatoms. The van der Waals surface area contributed by atoms with Gasteiger partial charge in [0.1, 0.15) is 0 Å². The van der Waals surface area contributed by atoms with Gasteiger partial charge in [-0.25, -0.2) is 0 Å². The van der Waals surface area contributed by atoms with E-state index in [-0.39, 0.29) is 0 Å². The number of nitrogens with one attached hydrogen (secondary N) is 1. The molecule has 1 N–H and O–H groups in total. The Bertz CT molecular complexity index is 327. The largest absolute Gasteiger partial charge is 0.310 e. The van der Waals surface area contributed by atoms with Crippen LogP contribution in [0.2, 0.25) is 0 Å². The molecule has 1 saturated heterocycles. The van der Waals surface area contributed by atoms with E-state index in [2.05, 4.69) is 53.0 Å². The Kier molecular flexibility index (Phi) is 4.03. The molecule has 1 atom stereocenters. The lowest BCUT2D eigenvalue weighted by Gasteiger charge is -2.18. The monoisotopic (exact) mass is 315 g/mol. The van der Waals surface area contributed by atoms with Gasteiger partial charge >= 0.3 is 0 Å². The summed E-state index contributed by atoms with van der Waals surface area (Å²) in [5.74, 6) is 0. The predicted molar refractivity (Wildman–Crippen MR) is 73.1 cm³/mol. The molecule has 1 unspecified atom stereocenters. The molecule has 0 aliphatic carbocycles. The van der Waals surface area contributed by atoms with Gasteiger partial charge in [-0.3, -0.25) is 0 Å². The van der Waals surface area contributed by atoms with Crippen LogP contribution in [0.15, 0.2) is 18.2 Å². The molecule has 2 rings (SSSR count). The van der Waals surface area contributed by atoms with E-state index in [0.717, 1.165) is 0 Å². The number of hydrogen-bond donors (Lipinski definition) is 1. The van der Waals surface area contributed by atoms with Crippen molar-refractivity contribution in [2.75, 3.05) is 6.54 Å². The summed E-state index contributed by atoms with van der Waals surface area (Å²) in [5.41, 5.74) is 2.90. The number of rotatable bonds is 1. The summed E-state index contributed by atoms with van der Waals surface area (Å²) < 4.78 is 1.44. The summed E-state index contributed by atoms with van der Waals surface area (Å²) in [5, 5.41) is 3.66. The van der Waals surface area contributed by atoms with E-state index < -0.39 is 0 Å². The lowest BCUT2D eigenvalue weighted by Crippen LogP contribution is -2.21. The average Bonchev–Trinajstić information content (AvgIpc) is 2.50. The fourth-order valence-corrected chi connectivity index (χ4v) is 2.97. The number of halogens is 1. The van der Waals surface area contributed by atoms with Crippen molar-refractivity contribution in [1.82, 2.24) is 5.32 Å². The molecule has 0 spiro atoms. The quantitative estimate of drug-likeness (QED) is 0.777. The second-order valence-corrected chi connectivity index (χ2v) is 5.41.